The van der Waals surface area contributed by atoms with E-state index in [1.54, 1.807) is 0 Å². The maximum Gasteiger partial charge on any atom is 0.331 e. The number of anilines is 1. The van der Waals surface area contributed by atoms with E-state index in [-0.39, 0.29) is 5.82 Å². The van der Waals surface area contributed by atoms with Crippen LogP contribution in [0, 0.1) is 21.7 Å². The van der Waals surface area contributed by atoms with Crippen LogP contribution in [0.15, 0.2) is 30.3 Å². The Kier molecular flexibility index (Phi) is 3.71. The number of nitrogens with zero attached hydrogens (tertiary/aromatic N) is 2. The van der Waals surface area contributed by atoms with E-state index in [0.29, 0.717) is 6.07 Å². The highest BCUT2D eigenvalue weighted by molar-refractivity contribution is 5.50. The van der Waals surface area contributed by atoms with Gasteiger partial charge in [-0.05, 0) is 18.2 Å². The van der Waals surface area contributed by atoms with Gasteiger partial charge in [0, 0.05) is 12.1 Å². The lowest BCUT2D eigenvalue weighted by atomic mass is 10.3. The Hall–Kier alpha value is -2.81. The van der Waals surface area contributed by atoms with Crippen LogP contribution in [-0.4, -0.2) is 9.91 Å². The molecule has 20 heavy (non-hydrogen) atoms. The molecule has 7 nitrogen and oxygen atoms in total. The van der Waals surface area contributed by atoms with E-state index in [9.17, 15) is 18.9 Å². The molecule has 0 saturated heterocycles. The van der Waals surface area contributed by atoms with Crippen molar-refractivity contribution in [2.24, 2.45) is 5.84 Å². The number of aromatic nitrogens is 1. The van der Waals surface area contributed by atoms with Gasteiger partial charge >= 0.3 is 11.6 Å². The van der Waals surface area contributed by atoms with Gasteiger partial charge in [0.05, 0.1) is 4.92 Å². The van der Waals surface area contributed by atoms with E-state index in [1.165, 1.54) is 6.07 Å². The number of nitro groups is 1. The average molecular weight is 282 g/mol. The van der Waals surface area contributed by atoms with Crippen LogP contribution in [-0.2, 0) is 0 Å². The number of nitrogens with one attached hydrogen (secondary N) is 1. The van der Waals surface area contributed by atoms with Gasteiger partial charge in [-0.1, -0.05) is 0 Å². The van der Waals surface area contributed by atoms with Gasteiger partial charge in [0.25, 0.3) is 0 Å². The van der Waals surface area contributed by atoms with Crippen LogP contribution in [0.2, 0.25) is 0 Å². The summed E-state index contributed by atoms with van der Waals surface area (Å²) in [5.74, 6) is 2.56. The Morgan fingerprint density at radius 3 is 2.65 bits per heavy atom. The van der Waals surface area contributed by atoms with E-state index in [2.05, 4.69) is 10.4 Å². The molecule has 0 bridgehead atoms. The van der Waals surface area contributed by atoms with Crippen molar-refractivity contribution in [3.05, 3.63) is 52.1 Å². The normalized spacial score (nSPS) is 10.2. The molecule has 104 valence electrons. The standard InChI is InChI=1S/C11H8F2N4O3/c12-6-1-3-9(7(13)5-6)20-11-8(17(18)19)2-4-10(15-11)16-14/h1-5H,14H2,(H,15,16). The van der Waals surface area contributed by atoms with E-state index in [4.69, 9.17) is 10.6 Å². The van der Waals surface area contributed by atoms with Crippen molar-refractivity contribution in [1.29, 1.82) is 0 Å². The number of hydrazine groups is 1. The lowest BCUT2D eigenvalue weighted by molar-refractivity contribution is -0.386. The second-order valence-corrected chi connectivity index (χ2v) is 3.60. The lowest BCUT2D eigenvalue weighted by Crippen LogP contribution is -2.09. The Morgan fingerprint density at radius 2 is 2.05 bits per heavy atom. The number of hydrogen-bond acceptors (Lipinski definition) is 6. The zero-order valence-corrected chi connectivity index (χ0v) is 9.84. The highest BCUT2D eigenvalue weighted by atomic mass is 19.1. The second-order valence-electron chi connectivity index (χ2n) is 3.60. The van der Waals surface area contributed by atoms with Crippen LogP contribution in [0.5, 0.6) is 11.6 Å². The second kappa shape index (κ2) is 5.45. The number of hydrogen-bond donors (Lipinski definition) is 2. The first-order valence-electron chi connectivity index (χ1n) is 5.26. The molecule has 0 unspecified atom stereocenters. The van der Waals surface area contributed by atoms with Crippen LogP contribution in [0.4, 0.5) is 20.3 Å². The molecule has 0 aliphatic carbocycles. The quantitative estimate of drug-likeness (QED) is 0.507. The first-order valence-corrected chi connectivity index (χ1v) is 5.26. The highest BCUT2D eigenvalue weighted by Gasteiger charge is 2.19. The van der Waals surface area contributed by atoms with Crippen LogP contribution in [0.3, 0.4) is 0 Å². The SMILES string of the molecule is NNc1ccc([N+](=O)[O-])c(Oc2ccc(F)cc2F)n1. The van der Waals surface area contributed by atoms with Crippen LogP contribution in [0.25, 0.3) is 0 Å². The summed E-state index contributed by atoms with van der Waals surface area (Å²) in [6, 6.07) is 4.89. The number of ether oxygens (including phenoxy) is 1. The summed E-state index contributed by atoms with van der Waals surface area (Å²) < 4.78 is 31.2. The van der Waals surface area contributed by atoms with Crippen molar-refractivity contribution in [2.75, 3.05) is 5.43 Å². The predicted octanol–water partition coefficient (Wildman–Crippen LogP) is 2.35. The summed E-state index contributed by atoms with van der Waals surface area (Å²) in [5, 5.41) is 10.8. The van der Waals surface area contributed by atoms with Crippen LogP contribution < -0.4 is 16.0 Å². The van der Waals surface area contributed by atoms with E-state index < -0.39 is 33.9 Å². The molecule has 0 aliphatic heterocycles. The average Bonchev–Trinajstić information content (AvgIpc) is 2.41. The van der Waals surface area contributed by atoms with Crippen molar-refractivity contribution in [3.63, 3.8) is 0 Å². The molecule has 9 heteroatoms. The molecule has 3 N–H and O–H groups in total. The molecule has 2 rings (SSSR count). The first-order chi connectivity index (χ1) is 9.51. The summed E-state index contributed by atoms with van der Waals surface area (Å²) >= 11 is 0. The fourth-order valence-corrected chi connectivity index (χ4v) is 1.39. The molecule has 1 aromatic carbocycles. The van der Waals surface area contributed by atoms with Crippen LogP contribution in [0.1, 0.15) is 0 Å². The maximum atomic E-state index is 13.4. The van der Waals surface area contributed by atoms with Crippen molar-refractivity contribution < 1.29 is 18.4 Å². The lowest BCUT2D eigenvalue weighted by Gasteiger charge is -2.07. The Bertz CT molecular complexity index is 666. The largest absolute Gasteiger partial charge is 0.430 e. The number of nitrogens with two attached hydrogens (primary N) is 1. The van der Waals surface area contributed by atoms with Gasteiger partial charge in [-0.25, -0.2) is 14.6 Å². The molecule has 0 radical (unpaired) electrons. The van der Waals surface area contributed by atoms with E-state index >= 15 is 0 Å². The third-order valence-electron chi connectivity index (χ3n) is 2.29. The molecule has 0 spiro atoms. The van der Waals surface area contributed by atoms with Crippen molar-refractivity contribution in [3.8, 4) is 11.6 Å². The van der Waals surface area contributed by atoms with Gasteiger partial charge in [0.1, 0.15) is 11.6 Å². The molecular formula is C11H8F2N4O3. The van der Waals surface area contributed by atoms with Crippen molar-refractivity contribution in [2.45, 2.75) is 0 Å². The Morgan fingerprint density at radius 1 is 1.30 bits per heavy atom. The van der Waals surface area contributed by atoms with Gasteiger partial charge < -0.3 is 10.2 Å². The summed E-state index contributed by atoms with van der Waals surface area (Å²) in [5.41, 5.74) is 1.70. The molecule has 2 aromatic rings. The fraction of sp³-hybridized carbons (Fsp3) is 0. The number of benzene rings is 1. The number of nitrogen functional groups attached to an aromatic ring is 1. The molecule has 0 aliphatic rings. The number of pyridine rings is 1. The summed E-state index contributed by atoms with van der Waals surface area (Å²) in [7, 11) is 0. The van der Waals surface area contributed by atoms with Crippen molar-refractivity contribution in [1.82, 2.24) is 4.98 Å². The molecule has 1 heterocycles. The number of halogens is 2. The van der Waals surface area contributed by atoms with E-state index in [1.807, 2.05) is 0 Å². The summed E-state index contributed by atoms with van der Waals surface area (Å²) in [4.78, 5) is 13.8. The van der Waals surface area contributed by atoms with Crippen molar-refractivity contribution >= 4 is 11.5 Å². The van der Waals surface area contributed by atoms with Gasteiger partial charge in [0.2, 0.25) is 0 Å². The minimum atomic E-state index is -1.01. The number of rotatable bonds is 4. The molecular weight excluding hydrogens is 274 g/mol. The molecule has 1 aromatic heterocycles. The summed E-state index contributed by atoms with van der Waals surface area (Å²) in [6.07, 6.45) is 0. The molecule has 0 fully saturated rings. The first kappa shape index (κ1) is 13.6. The Labute approximate surface area is 111 Å². The predicted molar refractivity (Wildman–Crippen MR) is 65.1 cm³/mol. The summed E-state index contributed by atoms with van der Waals surface area (Å²) in [6.45, 7) is 0. The highest BCUT2D eigenvalue weighted by Crippen LogP contribution is 2.31. The van der Waals surface area contributed by atoms with Gasteiger partial charge in [0.15, 0.2) is 11.6 Å². The minimum absolute atomic E-state index is 0.0909. The zero-order valence-electron chi connectivity index (χ0n) is 9.84. The molecule has 0 atom stereocenters. The third-order valence-corrected chi connectivity index (χ3v) is 2.29. The van der Waals surface area contributed by atoms with Gasteiger partial charge in [-0.3, -0.25) is 10.1 Å². The van der Waals surface area contributed by atoms with Gasteiger partial charge in [-0.2, -0.15) is 4.98 Å². The van der Waals surface area contributed by atoms with E-state index in [0.717, 1.165) is 18.2 Å². The fourth-order valence-electron chi connectivity index (χ4n) is 1.39. The Balaban J connectivity index is 2.43. The smallest absolute Gasteiger partial charge is 0.331 e. The minimum Gasteiger partial charge on any atom is -0.430 e. The van der Waals surface area contributed by atoms with Gasteiger partial charge in [-0.15, -0.1) is 0 Å². The monoisotopic (exact) mass is 282 g/mol. The zero-order chi connectivity index (χ0) is 14.7. The molecule has 0 saturated carbocycles. The topological polar surface area (TPSA) is 103 Å². The third kappa shape index (κ3) is 2.78. The maximum absolute atomic E-state index is 13.4. The molecule has 0 amide bonds. The van der Waals surface area contributed by atoms with Crippen LogP contribution >= 0.6 is 0 Å².